The van der Waals surface area contributed by atoms with Crippen LogP contribution in [0.3, 0.4) is 0 Å². The van der Waals surface area contributed by atoms with Crippen LogP contribution < -0.4 is 19.5 Å². The first kappa shape index (κ1) is 27.0. The highest BCUT2D eigenvalue weighted by Gasteiger charge is 2.22. The van der Waals surface area contributed by atoms with Gasteiger partial charge >= 0.3 is 5.97 Å². The van der Waals surface area contributed by atoms with Gasteiger partial charge in [-0.05, 0) is 67.3 Å². The zero-order chi connectivity index (χ0) is 27.3. The molecule has 2 atom stereocenters. The molecule has 1 aliphatic rings. The Bertz CT molecular complexity index is 1420. The summed E-state index contributed by atoms with van der Waals surface area (Å²) in [6.45, 7) is 6.39. The topological polar surface area (TPSA) is 120 Å². The number of ether oxygens (including phenoxy) is 3. The molecule has 0 fully saturated rings. The highest BCUT2D eigenvalue weighted by atomic mass is 32.2. The van der Waals surface area contributed by atoms with E-state index in [1.807, 2.05) is 24.3 Å². The number of carbonyl (C=O) groups is 2. The Morgan fingerprint density at radius 2 is 1.63 bits per heavy atom. The van der Waals surface area contributed by atoms with Crippen LogP contribution in [0.25, 0.3) is 0 Å². The number of nitrogens with one attached hydrogen (secondary N) is 2. The molecule has 0 aliphatic carbocycles. The highest BCUT2D eigenvalue weighted by Crippen LogP contribution is 2.33. The second-order valence-corrected chi connectivity index (χ2v) is 10.6. The van der Waals surface area contributed by atoms with Crippen molar-refractivity contribution >= 4 is 33.3 Å². The molecule has 0 radical (unpaired) electrons. The third kappa shape index (κ3) is 6.25. The van der Waals surface area contributed by atoms with Crippen molar-refractivity contribution < 1.29 is 32.2 Å². The number of anilines is 2. The van der Waals surface area contributed by atoms with Gasteiger partial charge in [-0.25, -0.2) is 13.2 Å². The van der Waals surface area contributed by atoms with Crippen LogP contribution in [0, 0.1) is 0 Å². The first-order valence-electron chi connectivity index (χ1n) is 12.3. The summed E-state index contributed by atoms with van der Waals surface area (Å²) in [7, 11) is -3.91. The minimum atomic E-state index is -3.91. The van der Waals surface area contributed by atoms with Crippen molar-refractivity contribution in [3.8, 4) is 11.5 Å². The maximum absolute atomic E-state index is 12.8. The first-order valence-corrected chi connectivity index (χ1v) is 13.8. The van der Waals surface area contributed by atoms with Crippen LogP contribution >= 0.6 is 0 Å². The fourth-order valence-corrected chi connectivity index (χ4v) is 4.93. The zero-order valence-electron chi connectivity index (χ0n) is 21.4. The second kappa shape index (κ2) is 11.6. The molecule has 10 heteroatoms. The number of benzene rings is 3. The molecule has 0 saturated heterocycles. The third-order valence-electron chi connectivity index (χ3n) is 6.21. The van der Waals surface area contributed by atoms with Gasteiger partial charge in [0.2, 0.25) is 0 Å². The van der Waals surface area contributed by atoms with Gasteiger partial charge in [-0.2, -0.15) is 0 Å². The van der Waals surface area contributed by atoms with E-state index in [0.717, 1.165) is 12.0 Å². The fraction of sp³-hybridized carbons (Fsp3) is 0.286. The van der Waals surface area contributed by atoms with Gasteiger partial charge in [0.25, 0.3) is 15.9 Å². The lowest BCUT2D eigenvalue weighted by atomic mass is 9.97. The molecule has 3 aromatic rings. The average Bonchev–Trinajstić information content (AvgIpc) is 2.92. The molecule has 200 valence electrons. The van der Waals surface area contributed by atoms with Crippen molar-refractivity contribution in [3.63, 3.8) is 0 Å². The number of fused-ring (bicyclic) bond motifs is 1. The number of rotatable bonds is 9. The normalized spacial score (nSPS) is 14.2. The number of carbonyl (C=O) groups excluding carboxylic acids is 2. The summed E-state index contributed by atoms with van der Waals surface area (Å²) in [5, 5.41) is 2.84. The minimum absolute atomic E-state index is 0.0139. The quantitative estimate of drug-likeness (QED) is 0.370. The number of amides is 1. The van der Waals surface area contributed by atoms with Crippen molar-refractivity contribution in [1.29, 1.82) is 0 Å². The molecule has 1 aliphatic heterocycles. The molecule has 9 nitrogen and oxygen atoms in total. The van der Waals surface area contributed by atoms with Gasteiger partial charge in [-0.1, -0.05) is 32.0 Å². The van der Waals surface area contributed by atoms with Crippen LogP contribution in [-0.4, -0.2) is 39.6 Å². The van der Waals surface area contributed by atoms with Gasteiger partial charge in [0.1, 0.15) is 13.2 Å². The standard InChI is InChI=1S/C28H30N2O7S/c1-4-18(2)23-7-5-6-8-24(23)29-27(31)19(3)37-28(32)20-9-11-21(12-10-20)30-38(33,34)22-13-14-25-26(17-22)36-16-15-35-25/h5-14,17-19,30H,4,15-16H2,1-3H3,(H,29,31)/t18-,19+/m0/s1. The minimum Gasteiger partial charge on any atom is -0.486 e. The molecular formula is C28H30N2O7S. The van der Waals surface area contributed by atoms with E-state index < -0.39 is 28.0 Å². The number of para-hydroxylation sites is 1. The van der Waals surface area contributed by atoms with E-state index in [4.69, 9.17) is 14.2 Å². The Hall–Kier alpha value is -4.05. The zero-order valence-corrected chi connectivity index (χ0v) is 22.2. The van der Waals surface area contributed by atoms with Crippen LogP contribution in [0.5, 0.6) is 11.5 Å². The molecule has 1 heterocycles. The van der Waals surface area contributed by atoms with Gasteiger partial charge in [0.05, 0.1) is 10.5 Å². The Balaban J connectivity index is 1.37. The van der Waals surface area contributed by atoms with Crippen LogP contribution in [0.2, 0.25) is 0 Å². The Morgan fingerprint density at radius 3 is 2.34 bits per heavy atom. The largest absolute Gasteiger partial charge is 0.486 e. The van der Waals surface area contributed by atoms with Gasteiger partial charge in [0.15, 0.2) is 17.6 Å². The first-order chi connectivity index (χ1) is 18.2. The summed E-state index contributed by atoms with van der Waals surface area (Å²) in [5.41, 5.74) is 2.12. The number of sulfonamides is 1. The van der Waals surface area contributed by atoms with Crippen LogP contribution in [0.1, 0.15) is 49.0 Å². The van der Waals surface area contributed by atoms with E-state index in [2.05, 4.69) is 23.9 Å². The lowest BCUT2D eigenvalue weighted by Crippen LogP contribution is -2.30. The van der Waals surface area contributed by atoms with E-state index in [1.165, 1.54) is 43.3 Å². The van der Waals surface area contributed by atoms with E-state index >= 15 is 0 Å². The van der Waals surface area contributed by atoms with Gasteiger partial charge < -0.3 is 19.5 Å². The van der Waals surface area contributed by atoms with E-state index in [0.29, 0.717) is 30.4 Å². The van der Waals surface area contributed by atoms with Crippen molar-refractivity contribution in [1.82, 2.24) is 0 Å². The fourth-order valence-electron chi connectivity index (χ4n) is 3.86. The van der Waals surface area contributed by atoms with Gasteiger partial charge in [-0.3, -0.25) is 9.52 Å². The molecule has 0 aromatic heterocycles. The SMILES string of the molecule is CC[C@H](C)c1ccccc1NC(=O)[C@@H](C)OC(=O)c1ccc(NS(=O)(=O)c2ccc3c(c2)OCCO3)cc1. The van der Waals surface area contributed by atoms with Crippen molar-refractivity contribution in [3.05, 3.63) is 77.9 Å². The van der Waals surface area contributed by atoms with Crippen LogP contribution in [-0.2, 0) is 19.6 Å². The molecule has 3 aromatic carbocycles. The van der Waals surface area contributed by atoms with Crippen molar-refractivity contribution in [2.24, 2.45) is 0 Å². The maximum atomic E-state index is 12.8. The maximum Gasteiger partial charge on any atom is 0.338 e. The smallest absolute Gasteiger partial charge is 0.338 e. The van der Waals surface area contributed by atoms with Gasteiger partial charge in [-0.15, -0.1) is 0 Å². The third-order valence-corrected chi connectivity index (χ3v) is 7.59. The summed E-state index contributed by atoms with van der Waals surface area (Å²) < 4.78 is 44.3. The number of hydrogen-bond acceptors (Lipinski definition) is 7. The van der Waals surface area contributed by atoms with Crippen LogP contribution in [0.4, 0.5) is 11.4 Å². The molecule has 0 bridgehead atoms. The Morgan fingerprint density at radius 1 is 0.947 bits per heavy atom. The molecule has 4 rings (SSSR count). The van der Waals surface area contributed by atoms with Crippen LogP contribution in [0.15, 0.2) is 71.6 Å². The second-order valence-electron chi connectivity index (χ2n) is 8.92. The van der Waals surface area contributed by atoms with E-state index in [1.54, 1.807) is 6.07 Å². The van der Waals surface area contributed by atoms with Crippen molar-refractivity contribution in [2.45, 2.75) is 44.1 Å². The summed E-state index contributed by atoms with van der Waals surface area (Å²) in [4.78, 5) is 25.3. The Labute approximate surface area is 222 Å². The number of esters is 1. The van der Waals surface area contributed by atoms with E-state index in [9.17, 15) is 18.0 Å². The average molecular weight is 539 g/mol. The molecule has 38 heavy (non-hydrogen) atoms. The monoisotopic (exact) mass is 538 g/mol. The Kier molecular flexibility index (Phi) is 8.21. The lowest BCUT2D eigenvalue weighted by Gasteiger charge is -2.19. The molecule has 0 unspecified atom stereocenters. The predicted molar refractivity (Wildman–Crippen MR) is 143 cm³/mol. The summed E-state index contributed by atoms with van der Waals surface area (Å²) in [5.74, 6) is -0.0450. The molecule has 1 amide bonds. The summed E-state index contributed by atoms with van der Waals surface area (Å²) >= 11 is 0. The lowest BCUT2D eigenvalue weighted by molar-refractivity contribution is -0.123. The molecule has 0 saturated carbocycles. The summed E-state index contributed by atoms with van der Waals surface area (Å²) in [6.07, 6.45) is -0.124. The molecule has 0 spiro atoms. The number of hydrogen-bond donors (Lipinski definition) is 2. The predicted octanol–water partition coefficient (Wildman–Crippen LogP) is 4.96. The van der Waals surface area contributed by atoms with E-state index in [-0.39, 0.29) is 22.1 Å². The molecule has 2 N–H and O–H groups in total. The highest BCUT2D eigenvalue weighted by molar-refractivity contribution is 7.92. The summed E-state index contributed by atoms with van der Waals surface area (Å²) in [6, 6.07) is 17.6. The van der Waals surface area contributed by atoms with Crippen molar-refractivity contribution in [2.75, 3.05) is 23.3 Å². The van der Waals surface area contributed by atoms with Gasteiger partial charge in [0, 0.05) is 17.4 Å². The molecular weight excluding hydrogens is 508 g/mol.